The highest BCUT2D eigenvalue weighted by Crippen LogP contribution is 2.37. The molecule has 1 fully saturated rings. The van der Waals surface area contributed by atoms with Crippen LogP contribution in [0.1, 0.15) is 49.4 Å². The highest BCUT2D eigenvalue weighted by molar-refractivity contribution is 5.30. The van der Waals surface area contributed by atoms with E-state index in [0.29, 0.717) is 12.0 Å². The zero-order valence-corrected chi connectivity index (χ0v) is 12.3. The SMILES string of the molecule is Cc1cn(C2CC2)c(NCCC(C)c2ccccc2)n1. The van der Waals surface area contributed by atoms with Crippen molar-refractivity contribution in [3.8, 4) is 0 Å². The van der Waals surface area contributed by atoms with Crippen molar-refractivity contribution in [2.45, 2.75) is 45.1 Å². The maximum atomic E-state index is 4.59. The highest BCUT2D eigenvalue weighted by Gasteiger charge is 2.26. The molecule has 1 N–H and O–H groups in total. The van der Waals surface area contributed by atoms with E-state index in [1.165, 1.54) is 18.4 Å². The molecule has 1 aliphatic carbocycles. The van der Waals surface area contributed by atoms with Gasteiger partial charge in [-0.2, -0.15) is 0 Å². The van der Waals surface area contributed by atoms with Crippen LogP contribution in [-0.4, -0.2) is 16.1 Å². The Morgan fingerprint density at radius 2 is 2.05 bits per heavy atom. The maximum Gasteiger partial charge on any atom is 0.203 e. The second-order valence-corrected chi connectivity index (χ2v) is 5.87. The molecule has 1 unspecified atom stereocenters. The largest absolute Gasteiger partial charge is 0.356 e. The van der Waals surface area contributed by atoms with Crippen LogP contribution in [0.4, 0.5) is 5.95 Å². The van der Waals surface area contributed by atoms with E-state index in [4.69, 9.17) is 0 Å². The van der Waals surface area contributed by atoms with E-state index >= 15 is 0 Å². The number of anilines is 1. The normalized spacial score (nSPS) is 16.1. The lowest BCUT2D eigenvalue weighted by molar-refractivity contribution is 0.690. The van der Waals surface area contributed by atoms with Crippen molar-refractivity contribution in [1.82, 2.24) is 9.55 Å². The lowest BCUT2D eigenvalue weighted by Gasteiger charge is -2.13. The molecule has 1 saturated carbocycles. The molecule has 3 rings (SSSR count). The van der Waals surface area contributed by atoms with Gasteiger partial charge in [-0.3, -0.25) is 0 Å². The van der Waals surface area contributed by atoms with Crippen LogP contribution in [-0.2, 0) is 0 Å². The molecule has 0 bridgehead atoms. The Balaban J connectivity index is 1.55. The van der Waals surface area contributed by atoms with Crippen LogP contribution in [0.3, 0.4) is 0 Å². The minimum absolute atomic E-state index is 0.578. The lowest BCUT2D eigenvalue weighted by atomic mass is 9.98. The first-order valence-electron chi connectivity index (χ1n) is 7.58. The number of imidazole rings is 1. The van der Waals surface area contributed by atoms with Crippen LogP contribution in [0.15, 0.2) is 36.5 Å². The summed E-state index contributed by atoms with van der Waals surface area (Å²) in [4.78, 5) is 4.59. The van der Waals surface area contributed by atoms with Crippen molar-refractivity contribution in [3.05, 3.63) is 47.8 Å². The fraction of sp³-hybridized carbons (Fsp3) is 0.471. The molecule has 0 aliphatic heterocycles. The van der Waals surface area contributed by atoms with E-state index in [9.17, 15) is 0 Å². The molecule has 1 heterocycles. The standard InChI is InChI=1S/C17H23N3/c1-13(15-6-4-3-5-7-15)10-11-18-17-19-14(2)12-20(17)16-8-9-16/h3-7,12-13,16H,8-11H2,1-2H3,(H,18,19). The van der Waals surface area contributed by atoms with Crippen LogP contribution in [0.25, 0.3) is 0 Å². The molecule has 0 amide bonds. The fourth-order valence-electron chi connectivity index (χ4n) is 2.63. The van der Waals surface area contributed by atoms with Gasteiger partial charge in [-0.1, -0.05) is 37.3 Å². The number of hydrogen-bond donors (Lipinski definition) is 1. The first kappa shape index (κ1) is 13.2. The van der Waals surface area contributed by atoms with E-state index < -0.39 is 0 Å². The number of benzene rings is 1. The second kappa shape index (κ2) is 5.70. The van der Waals surface area contributed by atoms with Gasteiger partial charge in [-0.15, -0.1) is 0 Å². The molecule has 1 aromatic heterocycles. The molecule has 0 spiro atoms. The molecule has 1 aliphatic rings. The van der Waals surface area contributed by atoms with Crippen LogP contribution < -0.4 is 5.32 Å². The van der Waals surface area contributed by atoms with E-state index in [-0.39, 0.29) is 0 Å². The summed E-state index contributed by atoms with van der Waals surface area (Å²) in [6, 6.07) is 11.4. The first-order valence-corrected chi connectivity index (χ1v) is 7.58. The van der Waals surface area contributed by atoms with Crippen molar-refractivity contribution >= 4 is 5.95 Å². The van der Waals surface area contributed by atoms with Gasteiger partial charge in [0.2, 0.25) is 5.95 Å². The maximum absolute atomic E-state index is 4.59. The molecule has 0 saturated heterocycles. The van der Waals surface area contributed by atoms with E-state index in [0.717, 1.165) is 24.6 Å². The van der Waals surface area contributed by atoms with Crippen molar-refractivity contribution in [3.63, 3.8) is 0 Å². The van der Waals surface area contributed by atoms with Gasteiger partial charge in [0.1, 0.15) is 0 Å². The minimum Gasteiger partial charge on any atom is -0.356 e. The Hall–Kier alpha value is -1.77. The van der Waals surface area contributed by atoms with Crippen LogP contribution in [0.2, 0.25) is 0 Å². The Morgan fingerprint density at radius 1 is 1.30 bits per heavy atom. The Bertz CT molecular complexity index is 555. The fourth-order valence-corrected chi connectivity index (χ4v) is 2.63. The van der Waals surface area contributed by atoms with Crippen LogP contribution in [0.5, 0.6) is 0 Å². The number of aromatic nitrogens is 2. The molecule has 106 valence electrons. The molecule has 20 heavy (non-hydrogen) atoms. The Labute approximate surface area is 121 Å². The number of aryl methyl sites for hydroxylation is 1. The number of hydrogen-bond acceptors (Lipinski definition) is 2. The zero-order valence-electron chi connectivity index (χ0n) is 12.3. The third-order valence-electron chi connectivity index (χ3n) is 4.02. The summed E-state index contributed by atoms with van der Waals surface area (Å²) in [7, 11) is 0. The second-order valence-electron chi connectivity index (χ2n) is 5.87. The van der Waals surface area contributed by atoms with Crippen LogP contribution in [0, 0.1) is 6.92 Å². The first-order chi connectivity index (χ1) is 9.74. The quantitative estimate of drug-likeness (QED) is 0.854. The summed E-state index contributed by atoms with van der Waals surface area (Å²) in [5.41, 5.74) is 2.52. The van der Waals surface area contributed by atoms with Gasteiger partial charge in [-0.25, -0.2) is 4.98 Å². The van der Waals surface area contributed by atoms with E-state index in [1.54, 1.807) is 0 Å². The van der Waals surface area contributed by atoms with Crippen molar-refractivity contribution in [2.24, 2.45) is 0 Å². The minimum atomic E-state index is 0.578. The molecule has 3 nitrogen and oxygen atoms in total. The molecular weight excluding hydrogens is 246 g/mol. The number of nitrogens with zero attached hydrogens (tertiary/aromatic N) is 2. The summed E-state index contributed by atoms with van der Waals surface area (Å²) in [5, 5.41) is 3.51. The average molecular weight is 269 g/mol. The smallest absolute Gasteiger partial charge is 0.203 e. The van der Waals surface area contributed by atoms with Crippen molar-refractivity contribution in [1.29, 1.82) is 0 Å². The number of rotatable bonds is 6. The van der Waals surface area contributed by atoms with E-state index in [2.05, 4.69) is 65.2 Å². The van der Waals surface area contributed by atoms with Gasteiger partial charge < -0.3 is 9.88 Å². The van der Waals surface area contributed by atoms with Crippen molar-refractivity contribution in [2.75, 3.05) is 11.9 Å². The van der Waals surface area contributed by atoms with Crippen LogP contribution >= 0.6 is 0 Å². The average Bonchev–Trinajstić information content (AvgIpc) is 3.24. The summed E-state index contributed by atoms with van der Waals surface area (Å²) in [6.45, 7) is 5.32. The van der Waals surface area contributed by atoms with Crippen molar-refractivity contribution < 1.29 is 0 Å². The lowest BCUT2D eigenvalue weighted by Crippen LogP contribution is -2.10. The molecule has 3 heteroatoms. The summed E-state index contributed by atoms with van der Waals surface area (Å²) in [5.74, 6) is 1.62. The molecule has 2 aromatic rings. The zero-order chi connectivity index (χ0) is 13.9. The topological polar surface area (TPSA) is 29.9 Å². The predicted octanol–water partition coefficient (Wildman–Crippen LogP) is 4.13. The Morgan fingerprint density at radius 3 is 2.75 bits per heavy atom. The molecule has 0 radical (unpaired) electrons. The third-order valence-corrected chi connectivity index (χ3v) is 4.02. The van der Waals surface area contributed by atoms with E-state index in [1.807, 2.05) is 0 Å². The monoisotopic (exact) mass is 269 g/mol. The highest BCUT2D eigenvalue weighted by atomic mass is 15.2. The Kier molecular flexibility index (Phi) is 3.77. The summed E-state index contributed by atoms with van der Waals surface area (Å²) >= 11 is 0. The molecular formula is C17H23N3. The van der Waals surface area contributed by atoms with Gasteiger partial charge >= 0.3 is 0 Å². The third kappa shape index (κ3) is 3.03. The predicted molar refractivity (Wildman–Crippen MR) is 83.2 cm³/mol. The summed E-state index contributed by atoms with van der Waals surface area (Å²) < 4.78 is 2.31. The number of nitrogens with one attached hydrogen (secondary N) is 1. The molecule has 1 aromatic carbocycles. The summed E-state index contributed by atoms with van der Waals surface area (Å²) in [6.07, 6.45) is 5.89. The van der Waals surface area contributed by atoms with Gasteiger partial charge in [0.05, 0.1) is 5.69 Å². The van der Waals surface area contributed by atoms with Gasteiger partial charge in [-0.05, 0) is 37.7 Å². The molecule has 1 atom stereocenters. The van der Waals surface area contributed by atoms with Gasteiger partial charge in [0, 0.05) is 18.8 Å². The van der Waals surface area contributed by atoms with Gasteiger partial charge in [0.15, 0.2) is 0 Å². The van der Waals surface area contributed by atoms with Gasteiger partial charge in [0.25, 0.3) is 0 Å².